The maximum atomic E-state index is 11.4. The molecule has 5 heteroatoms. The average Bonchev–Trinajstić information content (AvgIpc) is 2.65. The van der Waals surface area contributed by atoms with E-state index in [1.54, 1.807) is 12.1 Å². The summed E-state index contributed by atoms with van der Waals surface area (Å²) in [5, 5.41) is 11.4. The highest BCUT2D eigenvalue weighted by molar-refractivity contribution is 6.03. The number of hydrogen-bond donors (Lipinski definition) is 3. The van der Waals surface area contributed by atoms with Crippen LogP contribution in [0.2, 0.25) is 0 Å². The highest BCUT2D eigenvalue weighted by Crippen LogP contribution is 2.41. The first-order chi connectivity index (χ1) is 13.1. The van der Waals surface area contributed by atoms with Crippen LogP contribution in [-0.2, 0) is 11.4 Å². The first kappa shape index (κ1) is 17.0. The molecule has 1 aliphatic carbocycles. The normalized spacial score (nSPS) is 12.0. The molecule has 2 aromatic carbocycles. The summed E-state index contributed by atoms with van der Waals surface area (Å²) in [6, 6.07) is 18.8. The second-order valence-electron chi connectivity index (χ2n) is 6.44. The highest BCUT2D eigenvalue weighted by Gasteiger charge is 2.19. The average molecular weight is 359 g/mol. The quantitative estimate of drug-likeness (QED) is 0.376. The van der Waals surface area contributed by atoms with Gasteiger partial charge in [0.2, 0.25) is 5.36 Å². The van der Waals surface area contributed by atoms with E-state index in [0.717, 1.165) is 27.6 Å². The van der Waals surface area contributed by atoms with Gasteiger partial charge in [-0.3, -0.25) is 0 Å². The number of hydrogen-bond acceptors (Lipinski definition) is 4. The molecule has 0 atom stereocenters. The lowest BCUT2D eigenvalue weighted by atomic mass is 9.91. The Labute approximate surface area is 155 Å². The third-order valence-electron chi connectivity index (χ3n) is 4.52. The van der Waals surface area contributed by atoms with E-state index in [9.17, 15) is 9.90 Å². The van der Waals surface area contributed by atoms with E-state index in [1.807, 2.05) is 48.5 Å². The molecule has 4 N–H and O–H groups in total. The molecule has 0 bridgehead atoms. The van der Waals surface area contributed by atoms with Crippen LogP contribution in [-0.4, -0.2) is 11.0 Å². The zero-order chi connectivity index (χ0) is 19.0. The fourth-order valence-electron chi connectivity index (χ4n) is 3.38. The predicted molar refractivity (Wildman–Crippen MR) is 103 cm³/mol. The Morgan fingerprint density at radius 1 is 1.07 bits per heavy atom. The summed E-state index contributed by atoms with van der Waals surface area (Å²) in [6.45, 7) is 1.40. The summed E-state index contributed by atoms with van der Waals surface area (Å²) in [5.41, 5.74) is 10.8. The van der Waals surface area contributed by atoms with Crippen LogP contribution < -0.4 is 16.1 Å². The number of carbonyl (C=O) groups is 1. The zero-order valence-electron chi connectivity index (χ0n) is 14.8. The summed E-state index contributed by atoms with van der Waals surface area (Å²) in [4.78, 5) is 14.2. The van der Waals surface area contributed by atoms with Gasteiger partial charge in [0.25, 0.3) is 0 Å². The van der Waals surface area contributed by atoms with Crippen LogP contribution in [0.1, 0.15) is 12.5 Å². The van der Waals surface area contributed by atoms with Crippen molar-refractivity contribution < 1.29 is 19.3 Å². The van der Waals surface area contributed by atoms with Gasteiger partial charge in [0.1, 0.15) is 11.3 Å². The van der Waals surface area contributed by atoms with Crippen molar-refractivity contribution in [3.63, 3.8) is 0 Å². The molecule has 0 saturated carbocycles. The van der Waals surface area contributed by atoms with E-state index in [4.69, 9.17) is 10.2 Å². The Kier molecular flexibility index (Phi) is 4.22. The SMILES string of the molecule is CC(=O)[NH+]=c1ccc2c(-c3ccccc3CO)c3ccc(N)cc3oc-2c1. The number of fused-ring (bicyclic) bond motifs is 2. The monoisotopic (exact) mass is 359 g/mol. The van der Waals surface area contributed by atoms with E-state index < -0.39 is 0 Å². The summed E-state index contributed by atoms with van der Waals surface area (Å²) in [5.74, 6) is 0.479. The number of benzene rings is 3. The van der Waals surface area contributed by atoms with E-state index in [1.165, 1.54) is 6.92 Å². The first-order valence-corrected chi connectivity index (χ1v) is 8.62. The van der Waals surface area contributed by atoms with Crippen molar-refractivity contribution in [1.29, 1.82) is 0 Å². The van der Waals surface area contributed by atoms with Gasteiger partial charge in [-0.1, -0.05) is 24.3 Å². The van der Waals surface area contributed by atoms with Crippen LogP contribution in [0.15, 0.2) is 65.1 Å². The zero-order valence-corrected chi connectivity index (χ0v) is 14.8. The molecule has 0 unspecified atom stereocenters. The molecule has 0 saturated heterocycles. The largest absolute Gasteiger partial charge is 0.456 e. The van der Waals surface area contributed by atoms with Crippen LogP contribution in [0.25, 0.3) is 33.4 Å². The fourth-order valence-corrected chi connectivity index (χ4v) is 3.38. The Morgan fingerprint density at radius 3 is 2.67 bits per heavy atom. The van der Waals surface area contributed by atoms with Crippen molar-refractivity contribution in [3.05, 3.63) is 71.6 Å². The van der Waals surface area contributed by atoms with Gasteiger partial charge >= 0.3 is 5.91 Å². The van der Waals surface area contributed by atoms with Crippen molar-refractivity contribution >= 4 is 22.6 Å². The minimum absolute atomic E-state index is 0.0653. The van der Waals surface area contributed by atoms with E-state index in [2.05, 4.69) is 4.99 Å². The predicted octanol–water partition coefficient (Wildman–Crippen LogP) is 1.81. The van der Waals surface area contributed by atoms with Crippen molar-refractivity contribution in [3.8, 4) is 22.5 Å². The van der Waals surface area contributed by atoms with Gasteiger partial charge in [-0.25, -0.2) is 4.79 Å². The number of amides is 1. The van der Waals surface area contributed by atoms with Gasteiger partial charge < -0.3 is 15.3 Å². The molecule has 0 aromatic heterocycles. The van der Waals surface area contributed by atoms with E-state index >= 15 is 0 Å². The standard InChI is InChI=1S/C22H18N2O3/c1-13(26)24-16-7-9-19-21(11-16)27-20-10-15(23)6-8-18(20)22(19)17-5-3-2-4-14(17)12-25/h2-11,25H,12,23H2,1H3/p+1. The number of nitrogen functional groups attached to an aromatic ring is 1. The van der Waals surface area contributed by atoms with Crippen LogP contribution in [0, 0.1) is 0 Å². The second-order valence-corrected chi connectivity index (χ2v) is 6.44. The third kappa shape index (κ3) is 3.09. The number of aliphatic hydroxyl groups excluding tert-OH is 1. The lowest BCUT2D eigenvalue weighted by molar-refractivity contribution is -0.414. The summed E-state index contributed by atoms with van der Waals surface area (Å²) in [7, 11) is 0. The van der Waals surface area contributed by atoms with Gasteiger partial charge in [0, 0.05) is 34.3 Å². The van der Waals surface area contributed by atoms with Crippen LogP contribution in [0.3, 0.4) is 0 Å². The molecule has 0 radical (unpaired) electrons. The van der Waals surface area contributed by atoms with E-state index in [-0.39, 0.29) is 12.5 Å². The summed E-state index contributed by atoms with van der Waals surface area (Å²) in [6.07, 6.45) is 0. The van der Waals surface area contributed by atoms with Gasteiger partial charge in [-0.2, -0.15) is 4.99 Å². The number of nitrogens with one attached hydrogen (secondary N) is 1. The van der Waals surface area contributed by atoms with Crippen molar-refractivity contribution in [2.75, 3.05) is 5.73 Å². The van der Waals surface area contributed by atoms with Crippen LogP contribution in [0.4, 0.5) is 5.69 Å². The molecule has 1 aliphatic heterocycles. The van der Waals surface area contributed by atoms with E-state index in [0.29, 0.717) is 22.4 Å². The first-order valence-electron chi connectivity index (χ1n) is 8.62. The lowest BCUT2D eigenvalue weighted by Crippen LogP contribution is -2.79. The fraction of sp³-hybridized carbons (Fsp3) is 0.0909. The summed E-state index contributed by atoms with van der Waals surface area (Å²) < 4.78 is 6.09. The maximum Gasteiger partial charge on any atom is 0.382 e. The number of rotatable bonds is 2. The van der Waals surface area contributed by atoms with Crippen molar-refractivity contribution in [1.82, 2.24) is 0 Å². The van der Waals surface area contributed by atoms with Crippen LogP contribution in [0.5, 0.6) is 0 Å². The highest BCUT2D eigenvalue weighted by atomic mass is 16.3. The third-order valence-corrected chi connectivity index (χ3v) is 4.52. The van der Waals surface area contributed by atoms with Gasteiger partial charge in [-0.15, -0.1) is 0 Å². The molecule has 1 amide bonds. The lowest BCUT2D eigenvalue weighted by Gasteiger charge is -2.17. The minimum Gasteiger partial charge on any atom is -0.456 e. The number of anilines is 1. The Morgan fingerprint density at radius 2 is 1.89 bits per heavy atom. The molecule has 4 rings (SSSR count). The van der Waals surface area contributed by atoms with Crippen molar-refractivity contribution in [2.45, 2.75) is 13.5 Å². The molecule has 2 aliphatic rings. The molecule has 2 aromatic rings. The molecule has 0 spiro atoms. The molecule has 27 heavy (non-hydrogen) atoms. The molecular formula is C22H19N2O3+. The van der Waals surface area contributed by atoms with Gasteiger partial charge in [0.05, 0.1) is 19.6 Å². The van der Waals surface area contributed by atoms with Crippen molar-refractivity contribution in [2.24, 2.45) is 0 Å². The minimum atomic E-state index is -0.148. The number of nitrogens with two attached hydrogens (primary N) is 1. The summed E-state index contributed by atoms with van der Waals surface area (Å²) >= 11 is 0. The number of carbonyl (C=O) groups excluding carboxylic acids is 1. The molecular weight excluding hydrogens is 340 g/mol. The molecule has 1 heterocycles. The Hall–Kier alpha value is -3.44. The second kappa shape index (κ2) is 6.70. The van der Waals surface area contributed by atoms with Gasteiger partial charge in [0.15, 0.2) is 0 Å². The Balaban J connectivity index is 2.15. The molecule has 5 nitrogen and oxygen atoms in total. The van der Waals surface area contributed by atoms with Crippen LogP contribution >= 0.6 is 0 Å². The maximum absolute atomic E-state index is 11.4. The smallest absolute Gasteiger partial charge is 0.382 e. The molecule has 0 fully saturated rings. The topological polar surface area (TPSA) is 90.4 Å². The Bertz CT molecular complexity index is 1210. The molecule has 134 valence electrons. The number of aliphatic hydroxyl groups is 1. The van der Waals surface area contributed by atoms with Gasteiger partial charge in [-0.05, 0) is 29.3 Å².